The summed E-state index contributed by atoms with van der Waals surface area (Å²) in [7, 11) is 0. The fourth-order valence-corrected chi connectivity index (χ4v) is 2.68. The maximum Gasteiger partial charge on any atom is 0.177 e. The molecule has 1 heterocycles. The lowest BCUT2D eigenvalue weighted by molar-refractivity contribution is -0.200. The summed E-state index contributed by atoms with van der Waals surface area (Å²) in [4.78, 5) is 0. The third-order valence-corrected chi connectivity index (χ3v) is 3.91. The molecule has 1 aliphatic rings. The molecule has 23 heavy (non-hydrogen) atoms. The number of nitrogens with one attached hydrogen (secondary N) is 1. The maximum atomic E-state index is 13.4. The molecule has 0 saturated carbocycles. The van der Waals surface area contributed by atoms with Crippen molar-refractivity contribution in [3.63, 3.8) is 0 Å². The number of benzene rings is 2. The minimum atomic E-state index is -0.521. The molecule has 0 radical (unpaired) electrons. The zero-order valence-electron chi connectivity index (χ0n) is 12.8. The summed E-state index contributed by atoms with van der Waals surface area (Å²) in [6.07, 6.45) is -0.842. The monoisotopic (exact) mass is 319 g/mol. The van der Waals surface area contributed by atoms with Crippen molar-refractivity contribution in [3.8, 4) is 0 Å². The second-order valence-corrected chi connectivity index (χ2v) is 5.56. The molecule has 1 N–H and O–H groups in total. The highest BCUT2D eigenvalue weighted by atomic mass is 19.1. The molecule has 0 amide bonds. The molecule has 0 bridgehead atoms. The van der Waals surface area contributed by atoms with Crippen LogP contribution < -0.4 is 5.32 Å². The van der Waals surface area contributed by atoms with Gasteiger partial charge in [-0.15, -0.1) is 0 Å². The van der Waals surface area contributed by atoms with Crippen LogP contribution in [-0.4, -0.2) is 19.4 Å². The standard InChI is InChI=1S/C18H19F2NO2/c1-12(14-3-2-4-16(20)11-14)23-18-17(21-9-10-22-18)13-5-7-15(19)8-6-13/h2-8,11-12,17-18,21H,9-10H2,1H3/t12-,17+,18-/m1/s1. The van der Waals surface area contributed by atoms with Crippen LogP contribution in [0.4, 0.5) is 8.78 Å². The molecule has 2 aromatic rings. The number of morpholine rings is 1. The van der Waals surface area contributed by atoms with Crippen molar-refractivity contribution in [2.24, 2.45) is 0 Å². The van der Waals surface area contributed by atoms with Crippen LogP contribution in [0.5, 0.6) is 0 Å². The fourth-order valence-electron chi connectivity index (χ4n) is 2.68. The van der Waals surface area contributed by atoms with Crippen LogP contribution in [-0.2, 0) is 9.47 Å². The fraction of sp³-hybridized carbons (Fsp3) is 0.333. The number of ether oxygens (including phenoxy) is 2. The zero-order valence-corrected chi connectivity index (χ0v) is 12.8. The highest BCUT2D eigenvalue weighted by Crippen LogP contribution is 2.28. The second kappa shape index (κ2) is 7.17. The maximum absolute atomic E-state index is 13.4. The average Bonchev–Trinajstić information content (AvgIpc) is 2.56. The van der Waals surface area contributed by atoms with E-state index in [0.717, 1.165) is 11.1 Å². The summed E-state index contributed by atoms with van der Waals surface area (Å²) in [5, 5.41) is 3.33. The molecular formula is C18H19F2NO2. The first kappa shape index (κ1) is 16.1. The molecule has 1 fully saturated rings. The second-order valence-electron chi connectivity index (χ2n) is 5.56. The third-order valence-electron chi connectivity index (χ3n) is 3.91. The quantitative estimate of drug-likeness (QED) is 0.931. The van der Waals surface area contributed by atoms with Crippen molar-refractivity contribution in [2.45, 2.75) is 25.4 Å². The van der Waals surface area contributed by atoms with E-state index in [1.54, 1.807) is 18.2 Å². The Hall–Kier alpha value is -1.82. The van der Waals surface area contributed by atoms with Gasteiger partial charge in [0.1, 0.15) is 11.6 Å². The van der Waals surface area contributed by atoms with Crippen LogP contribution in [0, 0.1) is 11.6 Å². The molecule has 122 valence electrons. The first-order valence-corrected chi connectivity index (χ1v) is 7.65. The molecule has 1 saturated heterocycles. The molecule has 2 aromatic carbocycles. The number of hydrogen-bond acceptors (Lipinski definition) is 3. The smallest absolute Gasteiger partial charge is 0.177 e. The van der Waals surface area contributed by atoms with Gasteiger partial charge >= 0.3 is 0 Å². The minimum Gasteiger partial charge on any atom is -0.349 e. The van der Waals surface area contributed by atoms with Gasteiger partial charge in [-0.2, -0.15) is 0 Å². The van der Waals surface area contributed by atoms with Gasteiger partial charge in [-0.05, 0) is 42.3 Å². The van der Waals surface area contributed by atoms with Gasteiger partial charge in [-0.3, -0.25) is 0 Å². The molecule has 0 unspecified atom stereocenters. The van der Waals surface area contributed by atoms with Gasteiger partial charge in [0.2, 0.25) is 0 Å². The Morgan fingerprint density at radius 1 is 1.13 bits per heavy atom. The van der Waals surface area contributed by atoms with Crippen LogP contribution in [0.3, 0.4) is 0 Å². The first-order valence-electron chi connectivity index (χ1n) is 7.65. The third kappa shape index (κ3) is 3.93. The minimum absolute atomic E-state index is 0.194. The van der Waals surface area contributed by atoms with Gasteiger partial charge in [0.15, 0.2) is 6.29 Å². The Bertz CT molecular complexity index is 648. The molecule has 3 rings (SSSR count). The van der Waals surface area contributed by atoms with Gasteiger partial charge in [-0.25, -0.2) is 8.78 Å². The number of hydrogen-bond donors (Lipinski definition) is 1. The van der Waals surface area contributed by atoms with Crippen LogP contribution >= 0.6 is 0 Å². The zero-order chi connectivity index (χ0) is 16.2. The number of halogens is 2. The van der Waals surface area contributed by atoms with Crippen LogP contribution in [0.15, 0.2) is 48.5 Å². The van der Waals surface area contributed by atoms with E-state index in [1.807, 2.05) is 13.0 Å². The molecular weight excluding hydrogens is 300 g/mol. The van der Waals surface area contributed by atoms with Crippen molar-refractivity contribution in [2.75, 3.05) is 13.2 Å². The largest absolute Gasteiger partial charge is 0.349 e. The Morgan fingerprint density at radius 2 is 1.91 bits per heavy atom. The predicted octanol–water partition coefficient (Wildman–Crippen LogP) is 3.73. The van der Waals surface area contributed by atoms with Crippen LogP contribution in [0.1, 0.15) is 30.2 Å². The average molecular weight is 319 g/mol. The Labute approximate surface area is 134 Å². The van der Waals surface area contributed by atoms with Crippen LogP contribution in [0.2, 0.25) is 0 Å². The predicted molar refractivity (Wildman–Crippen MR) is 82.8 cm³/mol. The summed E-state index contributed by atoms with van der Waals surface area (Å²) < 4.78 is 38.2. The summed E-state index contributed by atoms with van der Waals surface area (Å²) in [5.41, 5.74) is 1.64. The molecule has 3 atom stereocenters. The van der Waals surface area contributed by atoms with Gasteiger partial charge in [0.05, 0.1) is 18.8 Å². The molecule has 3 nitrogen and oxygen atoms in total. The molecule has 1 aliphatic heterocycles. The van der Waals surface area contributed by atoms with Crippen molar-refractivity contribution in [3.05, 3.63) is 71.3 Å². The lowest BCUT2D eigenvalue weighted by Crippen LogP contribution is -2.43. The Balaban J connectivity index is 1.75. The van der Waals surface area contributed by atoms with E-state index in [-0.39, 0.29) is 23.8 Å². The Morgan fingerprint density at radius 3 is 2.65 bits per heavy atom. The molecule has 0 spiro atoms. The highest BCUT2D eigenvalue weighted by molar-refractivity contribution is 5.22. The van der Waals surface area contributed by atoms with Gasteiger partial charge in [-0.1, -0.05) is 24.3 Å². The van der Waals surface area contributed by atoms with Crippen molar-refractivity contribution >= 4 is 0 Å². The summed E-state index contributed by atoms with van der Waals surface area (Å²) in [6.45, 7) is 3.07. The van der Waals surface area contributed by atoms with E-state index in [2.05, 4.69) is 5.32 Å². The van der Waals surface area contributed by atoms with Crippen molar-refractivity contribution in [1.29, 1.82) is 0 Å². The van der Waals surface area contributed by atoms with Gasteiger partial charge in [0.25, 0.3) is 0 Å². The van der Waals surface area contributed by atoms with E-state index in [0.29, 0.717) is 13.2 Å². The van der Waals surface area contributed by atoms with E-state index in [4.69, 9.17) is 9.47 Å². The summed E-state index contributed by atoms with van der Waals surface area (Å²) >= 11 is 0. The lowest BCUT2D eigenvalue weighted by atomic mass is 10.0. The first-order chi connectivity index (χ1) is 11.1. The topological polar surface area (TPSA) is 30.5 Å². The van der Waals surface area contributed by atoms with E-state index >= 15 is 0 Å². The Kier molecular flexibility index (Phi) is 5.00. The van der Waals surface area contributed by atoms with Crippen molar-refractivity contribution < 1.29 is 18.3 Å². The van der Waals surface area contributed by atoms with Gasteiger partial charge in [0, 0.05) is 6.54 Å². The summed E-state index contributed by atoms with van der Waals surface area (Å²) in [5.74, 6) is -0.577. The lowest BCUT2D eigenvalue weighted by Gasteiger charge is -2.34. The summed E-state index contributed by atoms with van der Waals surface area (Å²) in [6, 6.07) is 12.4. The molecule has 0 aliphatic carbocycles. The molecule has 5 heteroatoms. The van der Waals surface area contributed by atoms with Crippen LogP contribution in [0.25, 0.3) is 0 Å². The molecule has 0 aromatic heterocycles. The van der Waals surface area contributed by atoms with Gasteiger partial charge < -0.3 is 14.8 Å². The number of rotatable bonds is 4. The van der Waals surface area contributed by atoms with E-state index in [1.165, 1.54) is 24.3 Å². The normalized spacial score (nSPS) is 22.7. The SMILES string of the molecule is C[C@@H](O[C@H]1OCCN[C@H]1c1ccc(F)cc1)c1cccc(F)c1. The van der Waals surface area contributed by atoms with E-state index in [9.17, 15) is 8.78 Å². The van der Waals surface area contributed by atoms with E-state index < -0.39 is 6.29 Å². The highest BCUT2D eigenvalue weighted by Gasteiger charge is 2.29. The van der Waals surface area contributed by atoms with Crippen molar-refractivity contribution in [1.82, 2.24) is 5.32 Å².